The molecule has 12 heteroatoms. The van der Waals surface area contributed by atoms with E-state index in [2.05, 4.69) is 21.1 Å². The van der Waals surface area contributed by atoms with E-state index < -0.39 is 23.2 Å². The zero-order valence-electron chi connectivity index (χ0n) is 17.2. The van der Waals surface area contributed by atoms with Crippen molar-refractivity contribution in [2.24, 2.45) is 5.16 Å². The summed E-state index contributed by atoms with van der Waals surface area (Å²) in [7, 11) is 2.52. The molecule has 0 aliphatic heterocycles. The monoisotopic (exact) mass is 569 g/mol. The number of ether oxygens (including phenoxy) is 3. The van der Waals surface area contributed by atoms with Crippen LogP contribution in [-0.4, -0.2) is 38.7 Å². The van der Waals surface area contributed by atoms with Gasteiger partial charge >= 0.3 is 12.1 Å². The number of allylic oxidation sites excluding steroid dienone is 1. The minimum Gasteiger partial charge on any atom is -0.489 e. The summed E-state index contributed by atoms with van der Waals surface area (Å²) in [4.78, 5) is 16.8. The molecule has 2 rings (SSSR count). The number of nitrogens with zero attached hydrogens (tertiary/aromatic N) is 1. The zero-order chi connectivity index (χ0) is 24.6. The molecular formula is C21H17BrCl2F3NO5. The summed E-state index contributed by atoms with van der Waals surface area (Å²) in [6, 6.07) is 9.62. The van der Waals surface area contributed by atoms with E-state index in [9.17, 15) is 18.0 Å². The first-order valence-electron chi connectivity index (χ1n) is 9.03. The Labute approximate surface area is 206 Å². The largest absolute Gasteiger partial charge is 0.489 e. The summed E-state index contributed by atoms with van der Waals surface area (Å²) in [5.41, 5.74) is 0.982. The molecule has 178 valence electrons. The second-order valence-corrected chi connectivity index (χ2v) is 7.81. The molecule has 0 unspecified atom stereocenters. The highest BCUT2D eigenvalue weighted by Gasteiger charge is 2.31. The van der Waals surface area contributed by atoms with E-state index in [0.717, 1.165) is 6.08 Å². The van der Waals surface area contributed by atoms with Crippen LogP contribution in [0.15, 0.2) is 52.1 Å². The van der Waals surface area contributed by atoms with Crippen LogP contribution in [0, 0.1) is 0 Å². The Balaban J connectivity index is 2.18. The van der Waals surface area contributed by atoms with Crippen LogP contribution in [0.4, 0.5) is 13.2 Å². The van der Waals surface area contributed by atoms with Crippen molar-refractivity contribution in [2.45, 2.75) is 12.8 Å². The van der Waals surface area contributed by atoms with Crippen molar-refractivity contribution in [2.75, 3.05) is 20.8 Å². The van der Waals surface area contributed by atoms with Gasteiger partial charge in [0.15, 0.2) is 11.5 Å². The lowest BCUT2D eigenvalue weighted by molar-refractivity contribution is -0.132. The van der Waals surface area contributed by atoms with Crippen LogP contribution in [0.25, 0.3) is 0 Å². The van der Waals surface area contributed by atoms with E-state index in [1.165, 1.54) is 26.4 Å². The second-order valence-electron chi connectivity index (χ2n) is 6.14. The third-order valence-corrected chi connectivity index (χ3v) is 5.30. The van der Waals surface area contributed by atoms with Gasteiger partial charge in [-0.1, -0.05) is 52.6 Å². The molecule has 0 saturated heterocycles. The topological polar surface area (TPSA) is 66.4 Å². The molecule has 33 heavy (non-hydrogen) atoms. The van der Waals surface area contributed by atoms with Gasteiger partial charge in [0.1, 0.15) is 26.1 Å². The fourth-order valence-corrected chi connectivity index (χ4v) is 3.20. The van der Waals surface area contributed by atoms with Crippen LogP contribution in [0.5, 0.6) is 11.5 Å². The van der Waals surface area contributed by atoms with Crippen molar-refractivity contribution in [3.8, 4) is 11.5 Å². The van der Waals surface area contributed by atoms with Crippen LogP contribution in [-0.2, 0) is 21.0 Å². The quantitative estimate of drug-likeness (QED) is 0.201. The predicted molar refractivity (Wildman–Crippen MR) is 121 cm³/mol. The minimum atomic E-state index is -4.52. The molecule has 0 aliphatic carbocycles. The number of oxime groups is 1. The number of halogens is 6. The molecule has 0 bridgehead atoms. The van der Waals surface area contributed by atoms with Crippen molar-refractivity contribution >= 4 is 50.8 Å². The van der Waals surface area contributed by atoms with Crippen molar-refractivity contribution in [1.29, 1.82) is 0 Å². The molecule has 0 aliphatic rings. The first-order chi connectivity index (χ1) is 15.6. The number of methoxy groups -OCH3 is 1. The zero-order valence-corrected chi connectivity index (χ0v) is 20.3. The number of rotatable bonds is 9. The van der Waals surface area contributed by atoms with E-state index >= 15 is 0 Å². The van der Waals surface area contributed by atoms with E-state index in [1.54, 1.807) is 24.3 Å². The van der Waals surface area contributed by atoms with Gasteiger partial charge in [0.25, 0.3) is 0 Å². The van der Waals surface area contributed by atoms with Crippen LogP contribution in [0.1, 0.15) is 11.1 Å². The Morgan fingerprint density at radius 1 is 1.12 bits per heavy atom. The molecule has 0 spiro atoms. The van der Waals surface area contributed by atoms with Crippen molar-refractivity contribution < 1.29 is 37.0 Å². The number of alkyl halides is 3. The highest BCUT2D eigenvalue weighted by Crippen LogP contribution is 2.37. The highest BCUT2D eigenvalue weighted by atomic mass is 79.9. The SMILES string of the molecule is CO/N=C(/C(=O)OC)c1ccccc1COc1cc(Cl)c(OCC=C(Br)C(F)(F)F)c(Cl)c1. The number of esters is 1. The Kier molecular flexibility index (Phi) is 9.87. The lowest BCUT2D eigenvalue weighted by Crippen LogP contribution is -2.19. The van der Waals surface area contributed by atoms with E-state index in [1.807, 2.05) is 0 Å². The van der Waals surface area contributed by atoms with Gasteiger partial charge in [0.2, 0.25) is 0 Å². The molecule has 0 amide bonds. The van der Waals surface area contributed by atoms with Gasteiger partial charge in [-0.3, -0.25) is 0 Å². The Morgan fingerprint density at radius 2 is 1.76 bits per heavy atom. The third-order valence-electron chi connectivity index (χ3n) is 3.96. The molecule has 0 radical (unpaired) electrons. The smallest absolute Gasteiger partial charge is 0.422 e. The van der Waals surface area contributed by atoms with Crippen molar-refractivity contribution in [1.82, 2.24) is 0 Å². The van der Waals surface area contributed by atoms with Crippen LogP contribution in [0.2, 0.25) is 10.0 Å². The molecule has 2 aromatic carbocycles. The van der Waals surface area contributed by atoms with Crippen molar-refractivity contribution in [3.63, 3.8) is 0 Å². The average Bonchev–Trinajstić information content (AvgIpc) is 2.76. The van der Waals surface area contributed by atoms with Gasteiger partial charge in [0, 0.05) is 17.7 Å². The van der Waals surface area contributed by atoms with Crippen LogP contribution in [0.3, 0.4) is 0 Å². The van der Waals surface area contributed by atoms with Gasteiger partial charge in [-0.25, -0.2) is 4.79 Å². The molecular weight excluding hydrogens is 554 g/mol. The Bertz CT molecular complexity index is 1040. The molecule has 0 heterocycles. The Hall–Kier alpha value is -2.43. The first kappa shape index (κ1) is 26.8. The molecule has 6 nitrogen and oxygen atoms in total. The van der Waals surface area contributed by atoms with Crippen LogP contribution < -0.4 is 9.47 Å². The van der Waals surface area contributed by atoms with Gasteiger partial charge in [-0.05, 0) is 27.6 Å². The van der Waals surface area contributed by atoms with Crippen molar-refractivity contribution in [3.05, 3.63) is 68.1 Å². The number of carbonyl (C=O) groups excluding carboxylic acids is 1. The third kappa shape index (κ3) is 7.55. The summed E-state index contributed by atoms with van der Waals surface area (Å²) >= 11 is 14.8. The maximum Gasteiger partial charge on any atom is 0.422 e. The fourth-order valence-electron chi connectivity index (χ4n) is 2.49. The van der Waals surface area contributed by atoms with Gasteiger partial charge in [-0.2, -0.15) is 13.2 Å². The molecule has 2 aromatic rings. The standard InChI is InChI=1S/C21H17BrCl2F3NO5/c1-30-20(29)18(28-31-2)14-6-4-3-5-12(14)11-33-13-9-15(23)19(16(24)10-13)32-8-7-17(22)21(25,26)27/h3-7,9-10H,8,11H2,1-2H3/b17-7?,28-18+. The Morgan fingerprint density at radius 3 is 2.33 bits per heavy atom. The number of hydrogen-bond acceptors (Lipinski definition) is 6. The average molecular weight is 571 g/mol. The second kappa shape index (κ2) is 12.2. The van der Waals surface area contributed by atoms with Gasteiger partial charge < -0.3 is 19.0 Å². The van der Waals surface area contributed by atoms with Gasteiger partial charge in [-0.15, -0.1) is 0 Å². The number of benzene rings is 2. The van der Waals surface area contributed by atoms with E-state index in [4.69, 9.17) is 42.3 Å². The minimum absolute atomic E-state index is 0.00400. The maximum atomic E-state index is 12.5. The lowest BCUT2D eigenvalue weighted by atomic mass is 10.0. The molecule has 0 fully saturated rings. The molecule has 0 N–H and O–H groups in total. The maximum absolute atomic E-state index is 12.5. The first-order valence-corrected chi connectivity index (χ1v) is 10.6. The highest BCUT2D eigenvalue weighted by molar-refractivity contribution is 9.11. The lowest BCUT2D eigenvalue weighted by Gasteiger charge is -2.14. The predicted octanol–water partition coefficient (Wildman–Crippen LogP) is 6.32. The molecule has 0 atom stereocenters. The van der Waals surface area contributed by atoms with E-state index in [0.29, 0.717) is 11.1 Å². The number of hydrogen-bond donors (Lipinski definition) is 0. The summed E-state index contributed by atoms with van der Waals surface area (Å²) in [5.74, 6) is -0.421. The summed E-state index contributed by atoms with van der Waals surface area (Å²) in [6.45, 7) is -0.410. The summed E-state index contributed by atoms with van der Waals surface area (Å²) in [6.07, 6.45) is -3.72. The summed E-state index contributed by atoms with van der Waals surface area (Å²) in [5, 5.41) is 3.81. The summed E-state index contributed by atoms with van der Waals surface area (Å²) < 4.78 is 52.3. The fraction of sp³-hybridized carbons (Fsp3) is 0.238. The normalized spacial score (nSPS) is 12.4. The van der Waals surface area contributed by atoms with Gasteiger partial charge in [0.05, 0.1) is 21.6 Å². The van der Waals surface area contributed by atoms with Crippen LogP contribution >= 0.6 is 39.1 Å². The number of carbonyl (C=O) groups is 1. The van der Waals surface area contributed by atoms with E-state index in [-0.39, 0.29) is 33.9 Å². The molecule has 0 saturated carbocycles. The molecule has 0 aromatic heterocycles.